The van der Waals surface area contributed by atoms with E-state index in [2.05, 4.69) is 47.2 Å². The second kappa shape index (κ2) is 5.76. The number of aromatic nitrogens is 3. The number of carbonyl (C=O) groups excluding carboxylic acids is 1. The SMILES string of the molecule is Cc1cc(C)c2[nH]c(C(=O)N(C)Cc3cc(C4CC4)n[nH]3)c(C)c2c1. The van der Waals surface area contributed by atoms with Crippen molar-refractivity contribution < 1.29 is 4.79 Å². The van der Waals surface area contributed by atoms with E-state index in [-0.39, 0.29) is 5.91 Å². The third-order valence-electron chi connectivity index (χ3n) is 5.12. The maximum Gasteiger partial charge on any atom is 0.270 e. The van der Waals surface area contributed by atoms with E-state index in [4.69, 9.17) is 0 Å². The highest BCUT2D eigenvalue weighted by atomic mass is 16.2. The Hall–Kier alpha value is -2.56. The standard InChI is InChI=1S/C20H24N4O/c1-11-7-12(2)18-16(8-11)13(3)19(21-18)20(25)24(4)10-15-9-17(23-22-15)14-5-6-14/h7-9,14,21H,5-6,10H2,1-4H3,(H,22,23). The summed E-state index contributed by atoms with van der Waals surface area (Å²) in [5.41, 5.74) is 7.24. The average molecular weight is 336 g/mol. The number of rotatable bonds is 4. The van der Waals surface area contributed by atoms with E-state index in [9.17, 15) is 4.79 Å². The molecule has 0 spiro atoms. The predicted octanol–water partition coefficient (Wildman–Crippen LogP) is 3.97. The molecule has 130 valence electrons. The van der Waals surface area contributed by atoms with Crippen LogP contribution in [0.15, 0.2) is 18.2 Å². The van der Waals surface area contributed by atoms with Crippen LogP contribution >= 0.6 is 0 Å². The highest BCUT2D eigenvalue weighted by molar-refractivity contribution is 6.01. The Morgan fingerprint density at radius 3 is 2.72 bits per heavy atom. The molecule has 0 atom stereocenters. The van der Waals surface area contributed by atoms with Crippen LogP contribution in [0.4, 0.5) is 0 Å². The first-order valence-electron chi connectivity index (χ1n) is 8.83. The lowest BCUT2D eigenvalue weighted by molar-refractivity contribution is 0.0778. The van der Waals surface area contributed by atoms with Crippen LogP contribution in [0.1, 0.15) is 57.3 Å². The zero-order valence-electron chi connectivity index (χ0n) is 15.2. The molecule has 1 aromatic carbocycles. The second-order valence-corrected chi connectivity index (χ2v) is 7.38. The fourth-order valence-electron chi connectivity index (χ4n) is 3.56. The molecule has 1 saturated carbocycles. The van der Waals surface area contributed by atoms with E-state index in [0.29, 0.717) is 18.2 Å². The van der Waals surface area contributed by atoms with Crippen molar-refractivity contribution in [2.75, 3.05) is 7.05 Å². The van der Waals surface area contributed by atoms with Crippen LogP contribution < -0.4 is 0 Å². The van der Waals surface area contributed by atoms with Crippen LogP contribution in [0.2, 0.25) is 0 Å². The monoisotopic (exact) mass is 336 g/mol. The van der Waals surface area contributed by atoms with Gasteiger partial charge in [-0.05, 0) is 56.9 Å². The Balaban J connectivity index is 1.59. The van der Waals surface area contributed by atoms with Gasteiger partial charge in [-0.15, -0.1) is 0 Å². The van der Waals surface area contributed by atoms with Gasteiger partial charge in [0, 0.05) is 23.9 Å². The lowest BCUT2D eigenvalue weighted by Gasteiger charge is -2.15. The van der Waals surface area contributed by atoms with Gasteiger partial charge in [-0.25, -0.2) is 0 Å². The topological polar surface area (TPSA) is 64.8 Å². The summed E-state index contributed by atoms with van der Waals surface area (Å²) in [6.45, 7) is 6.71. The molecule has 0 aliphatic heterocycles. The summed E-state index contributed by atoms with van der Waals surface area (Å²) in [5, 5.41) is 8.57. The van der Waals surface area contributed by atoms with E-state index < -0.39 is 0 Å². The van der Waals surface area contributed by atoms with Crippen molar-refractivity contribution in [2.24, 2.45) is 0 Å². The number of H-pyrrole nitrogens is 2. The first-order valence-corrected chi connectivity index (χ1v) is 8.83. The van der Waals surface area contributed by atoms with Gasteiger partial charge < -0.3 is 9.88 Å². The Morgan fingerprint density at radius 1 is 1.24 bits per heavy atom. The number of amides is 1. The van der Waals surface area contributed by atoms with Crippen molar-refractivity contribution in [3.8, 4) is 0 Å². The molecule has 0 saturated heterocycles. The Labute approximate surface area is 147 Å². The summed E-state index contributed by atoms with van der Waals surface area (Å²) in [4.78, 5) is 18.0. The van der Waals surface area contributed by atoms with Crippen LogP contribution in [0.5, 0.6) is 0 Å². The quantitative estimate of drug-likeness (QED) is 0.757. The van der Waals surface area contributed by atoms with Crippen LogP contribution in [0, 0.1) is 20.8 Å². The minimum Gasteiger partial charge on any atom is -0.350 e. The molecule has 2 aromatic heterocycles. The molecule has 5 nitrogen and oxygen atoms in total. The molecule has 1 aliphatic carbocycles. The lowest BCUT2D eigenvalue weighted by atomic mass is 10.1. The zero-order chi connectivity index (χ0) is 17.7. The third kappa shape index (κ3) is 2.84. The van der Waals surface area contributed by atoms with Gasteiger partial charge in [0.25, 0.3) is 5.91 Å². The fraction of sp³-hybridized carbons (Fsp3) is 0.400. The van der Waals surface area contributed by atoms with Crippen LogP contribution in [-0.2, 0) is 6.54 Å². The molecule has 1 amide bonds. The molecule has 25 heavy (non-hydrogen) atoms. The van der Waals surface area contributed by atoms with E-state index >= 15 is 0 Å². The number of aryl methyl sites for hydroxylation is 3. The van der Waals surface area contributed by atoms with Gasteiger partial charge >= 0.3 is 0 Å². The van der Waals surface area contributed by atoms with Crippen molar-refractivity contribution in [2.45, 2.75) is 46.1 Å². The molecule has 0 bridgehead atoms. The highest BCUT2D eigenvalue weighted by Crippen LogP contribution is 2.39. The Bertz CT molecular complexity index is 962. The maximum absolute atomic E-state index is 12.9. The second-order valence-electron chi connectivity index (χ2n) is 7.38. The van der Waals surface area contributed by atoms with E-state index in [0.717, 1.165) is 27.9 Å². The minimum absolute atomic E-state index is 0.00771. The Morgan fingerprint density at radius 2 is 2.00 bits per heavy atom. The number of aromatic amines is 2. The number of hydrogen-bond acceptors (Lipinski definition) is 2. The molecule has 2 N–H and O–H groups in total. The molecule has 1 fully saturated rings. The summed E-state index contributed by atoms with van der Waals surface area (Å²) in [6, 6.07) is 6.37. The average Bonchev–Trinajstić information content (AvgIpc) is 3.23. The molecule has 2 heterocycles. The van der Waals surface area contributed by atoms with Crippen molar-refractivity contribution in [3.63, 3.8) is 0 Å². The van der Waals surface area contributed by atoms with Crippen LogP contribution in [-0.4, -0.2) is 33.0 Å². The summed E-state index contributed by atoms with van der Waals surface area (Å²) in [5.74, 6) is 0.626. The largest absolute Gasteiger partial charge is 0.350 e. The highest BCUT2D eigenvalue weighted by Gasteiger charge is 2.26. The summed E-state index contributed by atoms with van der Waals surface area (Å²) < 4.78 is 0. The number of nitrogens with zero attached hydrogens (tertiary/aromatic N) is 2. The van der Waals surface area contributed by atoms with E-state index in [1.807, 2.05) is 14.0 Å². The maximum atomic E-state index is 12.9. The number of benzene rings is 1. The molecular formula is C20H24N4O. The van der Waals surface area contributed by atoms with Crippen molar-refractivity contribution >= 4 is 16.8 Å². The van der Waals surface area contributed by atoms with Gasteiger partial charge in [-0.3, -0.25) is 9.89 Å². The van der Waals surface area contributed by atoms with Crippen LogP contribution in [0.3, 0.4) is 0 Å². The van der Waals surface area contributed by atoms with Gasteiger partial charge in [0.05, 0.1) is 17.9 Å². The fourth-order valence-corrected chi connectivity index (χ4v) is 3.56. The van der Waals surface area contributed by atoms with E-state index in [1.165, 1.54) is 24.0 Å². The van der Waals surface area contributed by atoms with Gasteiger partial charge in [-0.1, -0.05) is 11.6 Å². The van der Waals surface area contributed by atoms with E-state index in [1.54, 1.807) is 4.90 Å². The van der Waals surface area contributed by atoms with Gasteiger partial charge in [-0.2, -0.15) is 5.10 Å². The number of fused-ring (bicyclic) bond motifs is 1. The summed E-state index contributed by atoms with van der Waals surface area (Å²) >= 11 is 0. The molecule has 5 heteroatoms. The molecular weight excluding hydrogens is 312 g/mol. The number of carbonyl (C=O) groups is 1. The molecule has 1 aliphatic rings. The minimum atomic E-state index is 0.00771. The van der Waals surface area contributed by atoms with Gasteiger partial charge in [0.15, 0.2) is 0 Å². The first kappa shape index (κ1) is 15.9. The summed E-state index contributed by atoms with van der Waals surface area (Å²) in [6.07, 6.45) is 2.46. The number of hydrogen-bond donors (Lipinski definition) is 2. The molecule has 0 radical (unpaired) electrons. The normalized spacial score (nSPS) is 14.2. The van der Waals surface area contributed by atoms with Crippen molar-refractivity contribution in [1.82, 2.24) is 20.1 Å². The third-order valence-corrected chi connectivity index (χ3v) is 5.12. The van der Waals surface area contributed by atoms with Crippen molar-refractivity contribution in [3.05, 3.63) is 52.0 Å². The van der Waals surface area contributed by atoms with Gasteiger partial charge in [0.2, 0.25) is 0 Å². The molecule has 3 aromatic rings. The molecule has 0 unspecified atom stereocenters. The predicted molar refractivity (Wildman–Crippen MR) is 98.9 cm³/mol. The Kier molecular flexibility index (Phi) is 3.67. The molecule has 4 rings (SSSR count). The zero-order valence-corrected chi connectivity index (χ0v) is 15.2. The summed E-state index contributed by atoms with van der Waals surface area (Å²) in [7, 11) is 1.84. The smallest absolute Gasteiger partial charge is 0.270 e. The number of nitrogens with one attached hydrogen (secondary N) is 2. The van der Waals surface area contributed by atoms with Crippen LogP contribution in [0.25, 0.3) is 10.9 Å². The first-order chi connectivity index (χ1) is 11.9. The lowest BCUT2D eigenvalue weighted by Crippen LogP contribution is -2.27. The van der Waals surface area contributed by atoms with Crippen molar-refractivity contribution in [1.29, 1.82) is 0 Å². The van der Waals surface area contributed by atoms with Gasteiger partial charge in [0.1, 0.15) is 5.69 Å².